The van der Waals surface area contributed by atoms with Gasteiger partial charge >= 0.3 is 0 Å². The van der Waals surface area contributed by atoms with Gasteiger partial charge in [-0.15, -0.1) is 11.3 Å². The van der Waals surface area contributed by atoms with Crippen LogP contribution in [0.5, 0.6) is 5.75 Å². The number of amides is 1. The lowest BCUT2D eigenvalue weighted by molar-refractivity contribution is -0.111. The van der Waals surface area contributed by atoms with E-state index in [0.717, 1.165) is 16.3 Å². The van der Waals surface area contributed by atoms with Crippen LogP contribution in [-0.2, 0) is 21.4 Å². The standard InChI is InChI=1S/C23H25N3O4S2/c1-4-32(28,29)26-21-11-10-19(13-16(21)2)25-23(27)12-9-18-7-5-6-8-22(18)30-14-20-15-31-17(3)24-20/h5-13,15,26H,4,14H2,1-3H3,(H,25,27)/b12-9+. The Kier molecular flexibility index (Phi) is 7.66. The molecule has 1 aromatic heterocycles. The summed E-state index contributed by atoms with van der Waals surface area (Å²) in [6, 6.07) is 12.4. The zero-order valence-electron chi connectivity index (χ0n) is 18.1. The fourth-order valence-electron chi connectivity index (χ4n) is 2.82. The molecule has 0 aliphatic rings. The summed E-state index contributed by atoms with van der Waals surface area (Å²) in [5.41, 5.74) is 3.40. The number of nitrogens with one attached hydrogen (secondary N) is 2. The SMILES string of the molecule is CCS(=O)(=O)Nc1ccc(NC(=O)/C=C/c2ccccc2OCc2csc(C)n2)cc1C. The summed E-state index contributed by atoms with van der Waals surface area (Å²) in [5.74, 6) is 0.339. The molecule has 0 atom stereocenters. The van der Waals surface area contributed by atoms with Gasteiger partial charge in [-0.1, -0.05) is 18.2 Å². The summed E-state index contributed by atoms with van der Waals surface area (Å²) < 4.78 is 31.9. The van der Waals surface area contributed by atoms with E-state index in [0.29, 0.717) is 29.3 Å². The average Bonchev–Trinajstić information content (AvgIpc) is 3.18. The molecule has 2 N–H and O–H groups in total. The van der Waals surface area contributed by atoms with Gasteiger partial charge in [0.15, 0.2) is 0 Å². The molecular formula is C23H25N3O4S2. The van der Waals surface area contributed by atoms with E-state index in [2.05, 4.69) is 15.0 Å². The second-order valence-electron chi connectivity index (χ2n) is 7.04. The van der Waals surface area contributed by atoms with E-state index < -0.39 is 10.0 Å². The number of aryl methyl sites for hydroxylation is 2. The van der Waals surface area contributed by atoms with Crippen molar-refractivity contribution in [1.29, 1.82) is 0 Å². The Labute approximate surface area is 192 Å². The Morgan fingerprint density at radius 3 is 2.66 bits per heavy atom. The number of rotatable bonds is 9. The number of hydrogen-bond donors (Lipinski definition) is 2. The lowest BCUT2D eigenvalue weighted by Gasteiger charge is -2.11. The molecule has 0 bridgehead atoms. The van der Waals surface area contributed by atoms with Crippen molar-refractivity contribution in [3.63, 3.8) is 0 Å². The van der Waals surface area contributed by atoms with Crippen LogP contribution in [-0.4, -0.2) is 25.1 Å². The predicted molar refractivity (Wildman–Crippen MR) is 130 cm³/mol. The molecule has 0 saturated carbocycles. The van der Waals surface area contributed by atoms with Gasteiger partial charge in [-0.25, -0.2) is 13.4 Å². The number of anilines is 2. The molecule has 1 amide bonds. The number of aromatic nitrogens is 1. The molecular weight excluding hydrogens is 446 g/mol. The number of hydrogen-bond acceptors (Lipinski definition) is 6. The highest BCUT2D eigenvalue weighted by atomic mass is 32.2. The molecule has 0 aliphatic carbocycles. The van der Waals surface area contributed by atoms with Gasteiger partial charge in [-0.2, -0.15) is 0 Å². The van der Waals surface area contributed by atoms with Crippen LogP contribution in [0.1, 0.15) is 28.8 Å². The third kappa shape index (κ3) is 6.66. The quantitative estimate of drug-likeness (QED) is 0.439. The molecule has 0 spiro atoms. The first kappa shape index (κ1) is 23.5. The Balaban J connectivity index is 1.64. The van der Waals surface area contributed by atoms with Crippen molar-refractivity contribution in [1.82, 2.24) is 4.98 Å². The van der Waals surface area contributed by atoms with Crippen LogP contribution in [0.25, 0.3) is 6.08 Å². The van der Waals surface area contributed by atoms with Crippen LogP contribution in [0.15, 0.2) is 53.9 Å². The van der Waals surface area contributed by atoms with Crippen LogP contribution in [0, 0.1) is 13.8 Å². The van der Waals surface area contributed by atoms with Gasteiger partial charge in [0, 0.05) is 22.7 Å². The van der Waals surface area contributed by atoms with Gasteiger partial charge in [0.25, 0.3) is 0 Å². The van der Waals surface area contributed by atoms with Crippen molar-refractivity contribution in [2.75, 3.05) is 15.8 Å². The fraction of sp³-hybridized carbons (Fsp3) is 0.217. The predicted octanol–water partition coefficient (Wildman–Crippen LogP) is 4.75. The molecule has 0 fully saturated rings. The van der Waals surface area contributed by atoms with Gasteiger partial charge in [0.05, 0.1) is 22.1 Å². The molecule has 0 radical (unpaired) electrons. The van der Waals surface area contributed by atoms with E-state index in [1.807, 2.05) is 36.6 Å². The van der Waals surface area contributed by atoms with E-state index in [9.17, 15) is 13.2 Å². The summed E-state index contributed by atoms with van der Waals surface area (Å²) in [5, 5.41) is 5.73. The Morgan fingerprint density at radius 2 is 1.97 bits per heavy atom. The lowest BCUT2D eigenvalue weighted by Crippen LogP contribution is -2.15. The number of thiazole rings is 1. The minimum absolute atomic E-state index is 0.00960. The number of para-hydroxylation sites is 1. The monoisotopic (exact) mass is 471 g/mol. The minimum atomic E-state index is -3.36. The van der Waals surface area contributed by atoms with Crippen molar-refractivity contribution in [3.8, 4) is 5.75 Å². The number of benzene rings is 2. The zero-order valence-corrected chi connectivity index (χ0v) is 19.7. The molecule has 7 nitrogen and oxygen atoms in total. The Bertz CT molecular complexity index is 1230. The molecule has 0 unspecified atom stereocenters. The first-order valence-electron chi connectivity index (χ1n) is 9.99. The highest BCUT2D eigenvalue weighted by Crippen LogP contribution is 2.23. The van der Waals surface area contributed by atoms with Gasteiger partial charge < -0.3 is 10.1 Å². The van der Waals surface area contributed by atoms with Crippen molar-refractivity contribution in [3.05, 3.63) is 75.7 Å². The summed E-state index contributed by atoms with van der Waals surface area (Å²) in [6.07, 6.45) is 3.12. The van der Waals surface area contributed by atoms with Gasteiger partial charge in [-0.3, -0.25) is 9.52 Å². The fourth-order valence-corrected chi connectivity index (χ4v) is 4.13. The molecule has 32 heavy (non-hydrogen) atoms. The van der Waals surface area contributed by atoms with Crippen LogP contribution in [0.2, 0.25) is 0 Å². The van der Waals surface area contributed by atoms with Crippen LogP contribution in [0.4, 0.5) is 11.4 Å². The summed E-state index contributed by atoms with van der Waals surface area (Å²) in [6.45, 7) is 5.65. The largest absolute Gasteiger partial charge is 0.487 e. The topological polar surface area (TPSA) is 97.4 Å². The first-order chi connectivity index (χ1) is 15.3. The van der Waals surface area contributed by atoms with Gasteiger partial charge in [0.2, 0.25) is 15.9 Å². The number of carbonyl (C=O) groups is 1. The van der Waals surface area contributed by atoms with E-state index in [1.165, 1.54) is 6.08 Å². The molecule has 3 rings (SSSR count). The van der Waals surface area contributed by atoms with Gasteiger partial charge in [0.1, 0.15) is 12.4 Å². The Morgan fingerprint density at radius 1 is 1.19 bits per heavy atom. The number of ether oxygens (including phenoxy) is 1. The molecule has 9 heteroatoms. The molecule has 0 saturated heterocycles. The van der Waals surface area contributed by atoms with Gasteiger partial charge in [-0.05, 0) is 56.7 Å². The summed E-state index contributed by atoms with van der Waals surface area (Å²) in [4.78, 5) is 16.8. The van der Waals surface area contributed by atoms with Crippen molar-refractivity contribution >= 4 is 44.7 Å². The molecule has 3 aromatic rings. The van der Waals surface area contributed by atoms with Crippen LogP contribution in [0.3, 0.4) is 0 Å². The maximum absolute atomic E-state index is 12.4. The van der Waals surface area contributed by atoms with E-state index in [4.69, 9.17) is 4.74 Å². The third-order valence-corrected chi connectivity index (χ3v) is 6.63. The summed E-state index contributed by atoms with van der Waals surface area (Å²) >= 11 is 1.57. The third-order valence-electron chi connectivity index (χ3n) is 4.51. The number of carbonyl (C=O) groups excluding carboxylic acids is 1. The highest BCUT2D eigenvalue weighted by molar-refractivity contribution is 7.92. The first-order valence-corrected chi connectivity index (χ1v) is 12.5. The van der Waals surface area contributed by atoms with Crippen molar-refractivity contribution in [2.45, 2.75) is 27.4 Å². The lowest BCUT2D eigenvalue weighted by atomic mass is 10.1. The van der Waals surface area contributed by atoms with Crippen molar-refractivity contribution < 1.29 is 17.9 Å². The normalized spacial score (nSPS) is 11.5. The number of sulfonamides is 1. The van der Waals surface area contributed by atoms with E-state index >= 15 is 0 Å². The average molecular weight is 472 g/mol. The number of nitrogens with zero attached hydrogens (tertiary/aromatic N) is 1. The van der Waals surface area contributed by atoms with Crippen molar-refractivity contribution in [2.24, 2.45) is 0 Å². The molecule has 1 heterocycles. The molecule has 168 valence electrons. The maximum atomic E-state index is 12.4. The van der Waals surface area contributed by atoms with E-state index in [1.54, 1.807) is 49.5 Å². The smallest absolute Gasteiger partial charge is 0.248 e. The second-order valence-corrected chi connectivity index (χ2v) is 10.1. The molecule has 0 aliphatic heterocycles. The second kappa shape index (κ2) is 10.4. The maximum Gasteiger partial charge on any atom is 0.248 e. The summed E-state index contributed by atoms with van der Waals surface area (Å²) in [7, 11) is -3.36. The highest BCUT2D eigenvalue weighted by Gasteiger charge is 2.10. The minimum Gasteiger partial charge on any atom is -0.487 e. The van der Waals surface area contributed by atoms with Crippen LogP contribution < -0.4 is 14.8 Å². The van der Waals surface area contributed by atoms with E-state index in [-0.39, 0.29) is 11.7 Å². The zero-order chi connectivity index (χ0) is 23.1. The molecule has 2 aromatic carbocycles. The Hall–Kier alpha value is -3.17. The van der Waals surface area contributed by atoms with Crippen LogP contribution >= 0.6 is 11.3 Å².